The van der Waals surface area contributed by atoms with E-state index in [4.69, 9.17) is 9.40 Å². The van der Waals surface area contributed by atoms with E-state index in [1.807, 2.05) is 42.5 Å². The summed E-state index contributed by atoms with van der Waals surface area (Å²) >= 11 is 4.97. The first-order valence-electron chi connectivity index (χ1n) is 9.59. The molecule has 0 aliphatic carbocycles. The summed E-state index contributed by atoms with van der Waals surface area (Å²) in [4.78, 5) is 22.3. The van der Waals surface area contributed by atoms with Crippen LogP contribution in [0.1, 0.15) is 30.0 Å². The van der Waals surface area contributed by atoms with Gasteiger partial charge in [-0.25, -0.2) is 4.98 Å². The third kappa shape index (κ3) is 4.74. The molecule has 2 aromatic carbocycles. The molecule has 0 radical (unpaired) electrons. The number of fused-ring (bicyclic) bond motifs is 1. The van der Waals surface area contributed by atoms with Crippen molar-refractivity contribution in [1.82, 2.24) is 4.98 Å². The van der Waals surface area contributed by atoms with E-state index in [2.05, 4.69) is 32.2 Å². The molecule has 1 amide bonds. The third-order valence-electron chi connectivity index (χ3n) is 4.41. The Bertz CT molecular complexity index is 1150. The molecule has 2 aromatic heterocycles. The molecule has 7 heteroatoms. The molecule has 154 valence electrons. The van der Waals surface area contributed by atoms with Crippen LogP contribution in [0.5, 0.6) is 0 Å². The van der Waals surface area contributed by atoms with Gasteiger partial charge < -0.3 is 4.42 Å². The molecule has 0 atom stereocenters. The van der Waals surface area contributed by atoms with Crippen molar-refractivity contribution >= 4 is 56.1 Å². The van der Waals surface area contributed by atoms with Gasteiger partial charge in [-0.1, -0.05) is 31.3 Å². The zero-order chi connectivity index (χ0) is 21.1. The van der Waals surface area contributed by atoms with E-state index in [1.165, 1.54) is 16.2 Å². The number of carbonyl (C=O) groups is 1. The quantitative estimate of drug-likeness (QED) is 0.283. The van der Waals surface area contributed by atoms with E-state index in [0.29, 0.717) is 22.5 Å². The van der Waals surface area contributed by atoms with Gasteiger partial charge in [0.15, 0.2) is 5.13 Å². The molecule has 4 nitrogen and oxygen atoms in total. The van der Waals surface area contributed by atoms with Gasteiger partial charge in [0.25, 0.3) is 5.91 Å². The summed E-state index contributed by atoms with van der Waals surface area (Å²) in [5.74, 6) is 0.641. The summed E-state index contributed by atoms with van der Waals surface area (Å²) in [6, 6.07) is 17.7. The van der Waals surface area contributed by atoms with Gasteiger partial charge in [0.05, 0.1) is 23.0 Å². The molecular weight excluding hydrogens is 432 g/mol. The minimum absolute atomic E-state index is 0.0817. The minimum atomic E-state index is -0.0817. The highest BCUT2D eigenvalue weighted by atomic mass is 32.2. The largest absolute Gasteiger partial charge is 0.467 e. The number of benzene rings is 2. The Morgan fingerprint density at radius 3 is 2.73 bits per heavy atom. The van der Waals surface area contributed by atoms with Crippen LogP contribution >= 0.6 is 34.9 Å². The summed E-state index contributed by atoms with van der Waals surface area (Å²) < 4.78 is 6.60. The van der Waals surface area contributed by atoms with Gasteiger partial charge in [-0.05, 0) is 54.8 Å². The van der Waals surface area contributed by atoms with E-state index < -0.39 is 0 Å². The van der Waals surface area contributed by atoms with Crippen LogP contribution < -0.4 is 4.90 Å². The maximum Gasteiger partial charge on any atom is 0.260 e. The lowest BCUT2D eigenvalue weighted by Gasteiger charge is -2.19. The summed E-state index contributed by atoms with van der Waals surface area (Å²) in [7, 11) is 0. The number of nitrogens with zero attached hydrogens (tertiary/aromatic N) is 2. The molecule has 0 aliphatic heterocycles. The van der Waals surface area contributed by atoms with E-state index in [9.17, 15) is 4.79 Å². The molecule has 0 spiro atoms. The molecule has 0 saturated carbocycles. The Morgan fingerprint density at radius 1 is 1.13 bits per heavy atom. The number of carbonyl (C=O) groups excluding carboxylic acids is 1. The van der Waals surface area contributed by atoms with Gasteiger partial charge in [-0.15, -0.1) is 23.5 Å². The smallest absolute Gasteiger partial charge is 0.260 e. The second-order valence-corrected chi connectivity index (χ2v) is 10.5. The number of rotatable bonds is 7. The highest BCUT2D eigenvalue weighted by Gasteiger charge is 2.23. The van der Waals surface area contributed by atoms with Crippen LogP contribution in [-0.4, -0.2) is 22.4 Å². The predicted molar refractivity (Wildman–Crippen MR) is 128 cm³/mol. The zero-order valence-corrected chi connectivity index (χ0v) is 19.4. The number of anilines is 1. The van der Waals surface area contributed by atoms with Crippen LogP contribution in [0.3, 0.4) is 0 Å². The molecule has 0 saturated heterocycles. The molecule has 0 bridgehead atoms. The zero-order valence-electron chi connectivity index (χ0n) is 17.0. The Morgan fingerprint density at radius 2 is 2.00 bits per heavy atom. The summed E-state index contributed by atoms with van der Waals surface area (Å²) in [5.41, 5.74) is 1.55. The lowest BCUT2D eigenvalue weighted by atomic mass is 10.2. The molecule has 0 aliphatic rings. The van der Waals surface area contributed by atoms with Crippen LogP contribution in [0.2, 0.25) is 0 Å². The molecule has 0 N–H and O–H groups in total. The average molecular weight is 455 g/mol. The van der Waals surface area contributed by atoms with Gasteiger partial charge in [0, 0.05) is 20.6 Å². The van der Waals surface area contributed by atoms with E-state index in [1.54, 1.807) is 34.7 Å². The number of hydrogen-bond acceptors (Lipinski definition) is 6. The molecule has 4 rings (SSSR count). The lowest BCUT2D eigenvalue weighted by molar-refractivity contribution is 0.0983. The number of thiazole rings is 1. The van der Waals surface area contributed by atoms with Gasteiger partial charge in [0.2, 0.25) is 0 Å². The van der Waals surface area contributed by atoms with Crippen LogP contribution in [0.25, 0.3) is 10.2 Å². The van der Waals surface area contributed by atoms with Gasteiger partial charge >= 0.3 is 0 Å². The van der Waals surface area contributed by atoms with E-state index in [0.717, 1.165) is 20.9 Å². The highest BCUT2D eigenvalue weighted by molar-refractivity contribution is 8.00. The SMILES string of the molecule is CSc1ccc2nc(N(Cc3ccco3)C(=O)c3cccc(SC(C)C)c3)sc2c1. The second-order valence-electron chi connectivity index (χ2n) is 7.00. The number of hydrogen-bond donors (Lipinski definition) is 0. The second kappa shape index (κ2) is 9.29. The molecule has 0 unspecified atom stereocenters. The van der Waals surface area contributed by atoms with Crippen molar-refractivity contribution in [1.29, 1.82) is 0 Å². The van der Waals surface area contributed by atoms with Crippen molar-refractivity contribution in [2.24, 2.45) is 0 Å². The molecule has 2 heterocycles. The molecule has 4 aromatic rings. The van der Waals surface area contributed by atoms with Crippen molar-refractivity contribution in [3.63, 3.8) is 0 Å². The highest BCUT2D eigenvalue weighted by Crippen LogP contribution is 2.33. The van der Waals surface area contributed by atoms with Crippen LogP contribution in [0, 0.1) is 0 Å². The number of aromatic nitrogens is 1. The van der Waals surface area contributed by atoms with Crippen molar-refractivity contribution in [2.75, 3.05) is 11.2 Å². The number of furan rings is 1. The monoisotopic (exact) mass is 454 g/mol. The number of thioether (sulfide) groups is 2. The Hall–Kier alpha value is -2.22. The Labute approximate surface area is 188 Å². The maximum atomic E-state index is 13.5. The van der Waals surface area contributed by atoms with Gasteiger partial charge in [-0.2, -0.15) is 0 Å². The first-order valence-corrected chi connectivity index (χ1v) is 12.5. The molecule has 30 heavy (non-hydrogen) atoms. The Balaban J connectivity index is 1.72. The standard InChI is InChI=1S/C23H22N2O2S3/c1-15(2)29-19-8-4-6-16(12-19)22(26)25(14-17-7-5-11-27-17)23-24-20-10-9-18(28-3)13-21(20)30-23/h4-13,15H,14H2,1-3H3. The average Bonchev–Trinajstić information content (AvgIpc) is 3.40. The van der Waals surface area contributed by atoms with Crippen molar-refractivity contribution < 1.29 is 9.21 Å². The summed E-state index contributed by atoms with van der Waals surface area (Å²) in [6.45, 7) is 4.63. The summed E-state index contributed by atoms with van der Waals surface area (Å²) in [6.07, 6.45) is 3.68. The van der Waals surface area contributed by atoms with E-state index >= 15 is 0 Å². The van der Waals surface area contributed by atoms with Crippen LogP contribution in [-0.2, 0) is 6.54 Å². The van der Waals surface area contributed by atoms with Crippen LogP contribution in [0.4, 0.5) is 5.13 Å². The first-order chi connectivity index (χ1) is 14.5. The topological polar surface area (TPSA) is 46.3 Å². The fraction of sp³-hybridized carbons (Fsp3) is 0.217. The third-order valence-corrected chi connectivity index (χ3v) is 7.17. The minimum Gasteiger partial charge on any atom is -0.467 e. The van der Waals surface area contributed by atoms with Crippen LogP contribution in [0.15, 0.2) is 75.1 Å². The van der Waals surface area contributed by atoms with Crippen molar-refractivity contribution in [2.45, 2.75) is 35.4 Å². The molecule has 0 fully saturated rings. The fourth-order valence-corrected chi connectivity index (χ4v) is 5.46. The molecular formula is C23H22N2O2S3. The predicted octanol–water partition coefficient (Wildman–Crippen LogP) is 6.96. The fourth-order valence-electron chi connectivity index (χ4n) is 3.05. The van der Waals surface area contributed by atoms with Gasteiger partial charge in [0.1, 0.15) is 5.76 Å². The summed E-state index contributed by atoms with van der Waals surface area (Å²) in [5, 5.41) is 1.12. The van der Waals surface area contributed by atoms with Gasteiger partial charge in [-0.3, -0.25) is 9.69 Å². The lowest BCUT2D eigenvalue weighted by Crippen LogP contribution is -2.30. The van der Waals surface area contributed by atoms with Crippen molar-refractivity contribution in [3.8, 4) is 0 Å². The maximum absolute atomic E-state index is 13.5. The first kappa shape index (κ1) is 21.0. The van der Waals surface area contributed by atoms with Crippen molar-refractivity contribution in [3.05, 3.63) is 72.2 Å². The van der Waals surface area contributed by atoms with E-state index in [-0.39, 0.29) is 5.91 Å². The normalized spacial score (nSPS) is 11.3. The Kier molecular flexibility index (Phi) is 6.51. The number of amides is 1.